The van der Waals surface area contributed by atoms with Gasteiger partial charge in [-0.2, -0.15) is 0 Å². The third kappa shape index (κ3) is 4.14. The van der Waals surface area contributed by atoms with Gasteiger partial charge in [0.2, 0.25) is 0 Å². The first-order valence-electron chi connectivity index (χ1n) is 8.50. The Balaban J connectivity index is 1.61. The zero-order chi connectivity index (χ0) is 17.8. The van der Waals surface area contributed by atoms with Crippen molar-refractivity contribution < 1.29 is 14.3 Å². The average Bonchev–Trinajstić information content (AvgIpc) is 3.16. The number of nitrogens with zero attached hydrogens (tertiary/aromatic N) is 2. The highest BCUT2D eigenvalue weighted by atomic mass is 19.1. The smallest absolute Gasteiger partial charge is 0.253 e. The molecule has 0 saturated carbocycles. The van der Waals surface area contributed by atoms with E-state index in [-0.39, 0.29) is 11.7 Å². The maximum absolute atomic E-state index is 13.0. The summed E-state index contributed by atoms with van der Waals surface area (Å²) in [6.07, 6.45) is 2.98. The maximum Gasteiger partial charge on any atom is 0.253 e. The molecule has 1 amide bonds. The molecule has 25 heavy (non-hydrogen) atoms. The van der Waals surface area contributed by atoms with Crippen LogP contribution in [0.2, 0.25) is 0 Å². The quantitative estimate of drug-likeness (QED) is 0.876. The number of benzene rings is 1. The zero-order valence-corrected chi connectivity index (χ0v) is 14.2. The minimum Gasteiger partial charge on any atom is -0.386 e. The predicted octanol–water partition coefficient (Wildman–Crippen LogP) is 2.67. The second-order valence-corrected chi connectivity index (χ2v) is 6.36. The molecule has 1 aromatic heterocycles. The molecule has 5 nitrogen and oxygen atoms in total. The number of carbonyl (C=O) groups excluding carboxylic acids is 1. The number of nitrogens with one attached hydrogen (secondary N) is 1. The van der Waals surface area contributed by atoms with E-state index in [4.69, 9.17) is 0 Å². The van der Waals surface area contributed by atoms with Crippen LogP contribution in [0.1, 0.15) is 41.8 Å². The second kappa shape index (κ2) is 7.61. The summed E-state index contributed by atoms with van der Waals surface area (Å²) in [6, 6.07) is 8.66. The number of hydrogen-bond donors (Lipinski definition) is 2. The molecule has 2 N–H and O–H groups in total. The van der Waals surface area contributed by atoms with Gasteiger partial charge in [-0.25, -0.2) is 9.37 Å². The van der Waals surface area contributed by atoms with E-state index in [0.29, 0.717) is 11.1 Å². The number of aromatic nitrogens is 1. The van der Waals surface area contributed by atoms with Crippen molar-refractivity contribution in [3.05, 3.63) is 59.5 Å². The van der Waals surface area contributed by atoms with Gasteiger partial charge in [-0.15, -0.1) is 0 Å². The summed E-state index contributed by atoms with van der Waals surface area (Å²) >= 11 is 0. The van der Waals surface area contributed by atoms with Gasteiger partial charge in [-0.05, 0) is 49.6 Å². The summed E-state index contributed by atoms with van der Waals surface area (Å²) < 4.78 is 13.0. The largest absolute Gasteiger partial charge is 0.386 e. The molecule has 2 heterocycles. The molecule has 1 aliphatic rings. The molecule has 1 fully saturated rings. The van der Waals surface area contributed by atoms with Crippen molar-refractivity contribution >= 4 is 11.7 Å². The lowest BCUT2D eigenvalue weighted by Gasteiger charge is -2.21. The number of anilines is 1. The van der Waals surface area contributed by atoms with E-state index in [0.717, 1.165) is 18.9 Å². The van der Waals surface area contributed by atoms with E-state index < -0.39 is 12.1 Å². The Morgan fingerprint density at radius 1 is 1.20 bits per heavy atom. The summed E-state index contributed by atoms with van der Waals surface area (Å²) in [6.45, 7) is 3.71. The minimum atomic E-state index is -0.915. The van der Waals surface area contributed by atoms with Crippen LogP contribution in [-0.2, 0) is 0 Å². The predicted molar refractivity (Wildman–Crippen MR) is 94.0 cm³/mol. The normalized spacial score (nSPS) is 16.5. The highest BCUT2D eigenvalue weighted by Crippen LogP contribution is 2.19. The van der Waals surface area contributed by atoms with Crippen molar-refractivity contribution in [1.82, 2.24) is 10.3 Å². The van der Waals surface area contributed by atoms with Crippen LogP contribution >= 0.6 is 0 Å². The Morgan fingerprint density at radius 3 is 2.48 bits per heavy atom. The molecule has 1 saturated heterocycles. The van der Waals surface area contributed by atoms with E-state index in [2.05, 4.69) is 15.2 Å². The van der Waals surface area contributed by atoms with Crippen molar-refractivity contribution in [3.63, 3.8) is 0 Å². The first-order valence-corrected chi connectivity index (χ1v) is 8.50. The SMILES string of the molecule is CC(NC(=O)c1ccc(N2CCCC2)nc1)C(O)c1ccc(F)cc1. The fourth-order valence-electron chi connectivity index (χ4n) is 2.97. The molecule has 132 valence electrons. The third-order valence-electron chi connectivity index (χ3n) is 4.48. The Labute approximate surface area is 146 Å². The number of amides is 1. The van der Waals surface area contributed by atoms with Crippen LogP contribution in [0, 0.1) is 5.82 Å². The van der Waals surface area contributed by atoms with E-state index >= 15 is 0 Å². The van der Waals surface area contributed by atoms with Crippen molar-refractivity contribution in [3.8, 4) is 0 Å². The van der Waals surface area contributed by atoms with E-state index in [1.165, 1.54) is 37.1 Å². The van der Waals surface area contributed by atoms with Crippen molar-refractivity contribution in [2.75, 3.05) is 18.0 Å². The van der Waals surface area contributed by atoms with Crippen LogP contribution in [0.4, 0.5) is 10.2 Å². The summed E-state index contributed by atoms with van der Waals surface area (Å²) in [7, 11) is 0. The summed E-state index contributed by atoms with van der Waals surface area (Å²) in [5.74, 6) is 0.222. The molecule has 1 aliphatic heterocycles. The van der Waals surface area contributed by atoms with Crippen molar-refractivity contribution in [2.45, 2.75) is 31.9 Å². The molecular weight excluding hydrogens is 321 g/mol. The number of pyridine rings is 1. The van der Waals surface area contributed by atoms with E-state index in [9.17, 15) is 14.3 Å². The fraction of sp³-hybridized carbons (Fsp3) is 0.368. The number of aliphatic hydroxyl groups excluding tert-OH is 1. The third-order valence-corrected chi connectivity index (χ3v) is 4.48. The first-order chi connectivity index (χ1) is 12.0. The molecule has 0 spiro atoms. The topological polar surface area (TPSA) is 65.5 Å². The van der Waals surface area contributed by atoms with Crippen LogP contribution in [0.5, 0.6) is 0 Å². The fourth-order valence-corrected chi connectivity index (χ4v) is 2.97. The molecule has 1 aromatic carbocycles. The Hall–Kier alpha value is -2.47. The average molecular weight is 343 g/mol. The monoisotopic (exact) mass is 343 g/mol. The Kier molecular flexibility index (Phi) is 5.28. The van der Waals surface area contributed by atoms with Crippen molar-refractivity contribution in [1.29, 1.82) is 0 Å². The van der Waals surface area contributed by atoms with Crippen LogP contribution in [-0.4, -0.2) is 35.1 Å². The molecule has 0 bridgehead atoms. The minimum absolute atomic E-state index is 0.297. The number of rotatable bonds is 5. The Bertz CT molecular complexity index is 712. The molecule has 0 radical (unpaired) electrons. The molecule has 3 rings (SSSR count). The van der Waals surface area contributed by atoms with Gasteiger partial charge in [-0.1, -0.05) is 12.1 Å². The molecular formula is C19H22FN3O2. The Morgan fingerprint density at radius 2 is 1.88 bits per heavy atom. The van der Waals surface area contributed by atoms with Gasteiger partial charge in [0.25, 0.3) is 5.91 Å². The second-order valence-electron chi connectivity index (χ2n) is 6.36. The van der Waals surface area contributed by atoms with Gasteiger partial charge in [0.1, 0.15) is 11.6 Å². The molecule has 6 heteroatoms. The lowest BCUT2D eigenvalue weighted by molar-refractivity contribution is 0.0851. The van der Waals surface area contributed by atoms with Crippen LogP contribution in [0.25, 0.3) is 0 Å². The lowest BCUT2D eigenvalue weighted by Crippen LogP contribution is -2.37. The summed E-state index contributed by atoms with van der Waals surface area (Å²) in [5.41, 5.74) is 0.998. The van der Waals surface area contributed by atoms with Gasteiger partial charge >= 0.3 is 0 Å². The summed E-state index contributed by atoms with van der Waals surface area (Å²) in [4.78, 5) is 18.9. The highest BCUT2D eigenvalue weighted by Gasteiger charge is 2.20. The van der Waals surface area contributed by atoms with Crippen molar-refractivity contribution in [2.24, 2.45) is 0 Å². The molecule has 2 atom stereocenters. The van der Waals surface area contributed by atoms with Crippen LogP contribution in [0.15, 0.2) is 42.6 Å². The highest BCUT2D eigenvalue weighted by molar-refractivity contribution is 5.94. The van der Waals surface area contributed by atoms with Gasteiger partial charge in [0.05, 0.1) is 17.7 Å². The molecule has 0 aliphatic carbocycles. The molecule has 2 unspecified atom stereocenters. The number of hydrogen-bond acceptors (Lipinski definition) is 4. The zero-order valence-electron chi connectivity index (χ0n) is 14.2. The van der Waals surface area contributed by atoms with Gasteiger partial charge in [0, 0.05) is 19.3 Å². The molecule has 2 aromatic rings. The van der Waals surface area contributed by atoms with E-state index in [1.54, 1.807) is 19.2 Å². The van der Waals surface area contributed by atoms with Gasteiger partial charge in [0.15, 0.2) is 0 Å². The van der Waals surface area contributed by atoms with Gasteiger partial charge < -0.3 is 15.3 Å². The maximum atomic E-state index is 13.0. The van der Waals surface area contributed by atoms with E-state index in [1.807, 2.05) is 6.07 Å². The lowest BCUT2D eigenvalue weighted by atomic mass is 10.0. The summed E-state index contributed by atoms with van der Waals surface area (Å²) in [5, 5.41) is 13.1. The van der Waals surface area contributed by atoms with Crippen LogP contribution < -0.4 is 10.2 Å². The number of aliphatic hydroxyl groups is 1. The number of carbonyl (C=O) groups is 1. The number of halogens is 1. The van der Waals surface area contributed by atoms with Crippen LogP contribution in [0.3, 0.4) is 0 Å². The van der Waals surface area contributed by atoms with Gasteiger partial charge in [-0.3, -0.25) is 4.79 Å². The standard InChI is InChI=1S/C19H22FN3O2/c1-13(18(24)14-4-7-16(20)8-5-14)22-19(25)15-6-9-17(21-12-15)23-10-2-3-11-23/h4-9,12-13,18,24H,2-3,10-11H2,1H3,(H,22,25). The first kappa shape index (κ1) is 17.4.